The Hall–Kier alpha value is -0.790. The van der Waals surface area contributed by atoms with Crippen LogP contribution in [-0.2, 0) is 0 Å². The van der Waals surface area contributed by atoms with E-state index in [-0.39, 0.29) is 0 Å². The highest BCUT2D eigenvalue weighted by atomic mass is 35.5. The molecule has 0 radical (unpaired) electrons. The minimum atomic E-state index is 0.401. The van der Waals surface area contributed by atoms with Gasteiger partial charge in [-0.3, -0.25) is 0 Å². The lowest BCUT2D eigenvalue weighted by molar-refractivity contribution is 0.498. The summed E-state index contributed by atoms with van der Waals surface area (Å²) in [5, 5.41) is 4.44. The van der Waals surface area contributed by atoms with E-state index in [0.717, 1.165) is 36.4 Å². The van der Waals surface area contributed by atoms with Gasteiger partial charge in [-0.2, -0.15) is 0 Å². The summed E-state index contributed by atoms with van der Waals surface area (Å²) in [4.78, 5) is 0. The number of allylic oxidation sites excluding steroid dienone is 1. The number of aryl methyl sites for hydroxylation is 1. The molecule has 100 valence electrons. The Morgan fingerprint density at radius 2 is 2.17 bits per heavy atom. The number of rotatable bonds is 7. The van der Waals surface area contributed by atoms with Crippen molar-refractivity contribution in [1.82, 2.24) is 5.32 Å². The van der Waals surface area contributed by atoms with Crippen LogP contribution in [0.25, 0.3) is 0 Å². The second-order valence-corrected chi connectivity index (χ2v) is 5.42. The van der Waals surface area contributed by atoms with Crippen molar-refractivity contribution in [2.75, 3.05) is 6.54 Å². The molecule has 0 heterocycles. The first-order valence-electron chi connectivity index (χ1n) is 6.68. The molecule has 0 saturated heterocycles. The summed E-state index contributed by atoms with van der Waals surface area (Å²) in [6.07, 6.45) is 3.30. The predicted octanol–water partition coefficient (Wildman–Crippen LogP) is 5.05. The van der Waals surface area contributed by atoms with Crippen LogP contribution in [0.2, 0.25) is 5.02 Å². The maximum Gasteiger partial charge on any atom is 0.0435 e. The maximum absolute atomic E-state index is 6.08. The van der Waals surface area contributed by atoms with Gasteiger partial charge in [-0.1, -0.05) is 36.2 Å². The van der Waals surface area contributed by atoms with E-state index in [2.05, 4.69) is 44.8 Å². The van der Waals surface area contributed by atoms with Crippen molar-refractivity contribution >= 4 is 11.6 Å². The fourth-order valence-electron chi connectivity index (χ4n) is 1.98. The van der Waals surface area contributed by atoms with Crippen molar-refractivity contribution in [1.29, 1.82) is 0 Å². The highest BCUT2D eigenvalue weighted by molar-refractivity contribution is 6.31. The maximum atomic E-state index is 6.08. The molecule has 1 nitrogen and oxygen atoms in total. The van der Waals surface area contributed by atoms with Gasteiger partial charge in [-0.25, -0.2) is 0 Å². The molecule has 0 aliphatic heterocycles. The standard InChI is InChI=1S/C16H24ClN/c1-5-10-18-16(9-6-12(2)3)14-7-8-15(17)13(4)11-14/h7-8,11,16,18H,2,5-6,9-10H2,1,3-4H3. The molecule has 1 N–H and O–H groups in total. The molecule has 0 amide bonds. The van der Waals surface area contributed by atoms with Crippen LogP contribution in [0.4, 0.5) is 0 Å². The second kappa shape index (κ2) is 7.60. The van der Waals surface area contributed by atoms with Gasteiger partial charge in [0.15, 0.2) is 0 Å². The first-order chi connectivity index (χ1) is 8.54. The lowest BCUT2D eigenvalue weighted by Gasteiger charge is -2.20. The number of benzene rings is 1. The van der Waals surface area contributed by atoms with Gasteiger partial charge in [0.25, 0.3) is 0 Å². The summed E-state index contributed by atoms with van der Waals surface area (Å²) in [6, 6.07) is 6.71. The van der Waals surface area contributed by atoms with Crippen LogP contribution in [0.1, 0.15) is 50.3 Å². The largest absolute Gasteiger partial charge is 0.310 e. The fourth-order valence-corrected chi connectivity index (χ4v) is 2.10. The van der Waals surface area contributed by atoms with Crippen molar-refractivity contribution in [3.63, 3.8) is 0 Å². The Labute approximate surface area is 116 Å². The normalized spacial score (nSPS) is 12.4. The third-order valence-electron chi connectivity index (χ3n) is 3.08. The summed E-state index contributed by atoms with van der Waals surface area (Å²) in [5.41, 5.74) is 3.71. The van der Waals surface area contributed by atoms with E-state index in [4.69, 9.17) is 11.6 Å². The SMILES string of the molecule is C=C(C)CCC(NCCC)c1ccc(Cl)c(C)c1. The summed E-state index contributed by atoms with van der Waals surface area (Å²) in [5.74, 6) is 0. The molecule has 0 saturated carbocycles. The lowest BCUT2D eigenvalue weighted by Crippen LogP contribution is -2.22. The molecule has 0 bridgehead atoms. The Kier molecular flexibility index (Phi) is 6.45. The molecule has 1 aromatic rings. The Balaban J connectivity index is 2.79. The highest BCUT2D eigenvalue weighted by Crippen LogP contribution is 2.24. The Morgan fingerprint density at radius 3 is 2.72 bits per heavy atom. The highest BCUT2D eigenvalue weighted by Gasteiger charge is 2.11. The average Bonchev–Trinajstić information content (AvgIpc) is 2.33. The third kappa shape index (κ3) is 4.83. The van der Waals surface area contributed by atoms with Crippen molar-refractivity contribution in [2.24, 2.45) is 0 Å². The van der Waals surface area contributed by atoms with Gasteiger partial charge in [-0.15, -0.1) is 6.58 Å². The minimum Gasteiger partial charge on any atom is -0.310 e. The van der Waals surface area contributed by atoms with E-state index < -0.39 is 0 Å². The number of nitrogens with one attached hydrogen (secondary N) is 1. The average molecular weight is 266 g/mol. The Bertz CT molecular complexity index is 398. The zero-order valence-electron chi connectivity index (χ0n) is 11.7. The summed E-state index contributed by atoms with van der Waals surface area (Å²) >= 11 is 6.08. The molecule has 2 heteroatoms. The molecular formula is C16H24ClN. The van der Waals surface area contributed by atoms with Crippen LogP contribution in [0.3, 0.4) is 0 Å². The van der Waals surface area contributed by atoms with Crippen LogP contribution in [0.5, 0.6) is 0 Å². The van der Waals surface area contributed by atoms with Crippen molar-refractivity contribution in [3.05, 3.63) is 46.5 Å². The molecule has 0 spiro atoms. The molecule has 0 aliphatic carbocycles. The van der Waals surface area contributed by atoms with Crippen molar-refractivity contribution < 1.29 is 0 Å². The number of hydrogen-bond acceptors (Lipinski definition) is 1. The van der Waals surface area contributed by atoms with Crippen molar-refractivity contribution in [3.8, 4) is 0 Å². The van der Waals surface area contributed by atoms with Crippen LogP contribution >= 0.6 is 11.6 Å². The van der Waals surface area contributed by atoms with Gasteiger partial charge in [0.2, 0.25) is 0 Å². The first kappa shape index (κ1) is 15.3. The molecule has 1 aromatic carbocycles. The lowest BCUT2D eigenvalue weighted by atomic mass is 9.98. The van der Waals surface area contributed by atoms with E-state index >= 15 is 0 Å². The van der Waals surface area contributed by atoms with E-state index in [1.54, 1.807) is 0 Å². The van der Waals surface area contributed by atoms with Crippen molar-refractivity contribution in [2.45, 2.75) is 46.1 Å². The fraction of sp³-hybridized carbons (Fsp3) is 0.500. The van der Waals surface area contributed by atoms with Crippen LogP contribution in [0.15, 0.2) is 30.4 Å². The molecule has 0 aliphatic rings. The van der Waals surface area contributed by atoms with Crippen LogP contribution in [-0.4, -0.2) is 6.54 Å². The van der Waals surface area contributed by atoms with Gasteiger partial charge in [-0.05, 0) is 56.8 Å². The molecule has 1 rings (SSSR count). The van der Waals surface area contributed by atoms with Gasteiger partial charge >= 0.3 is 0 Å². The van der Waals surface area contributed by atoms with Gasteiger partial charge in [0.05, 0.1) is 0 Å². The molecule has 0 aromatic heterocycles. The monoisotopic (exact) mass is 265 g/mol. The molecule has 1 unspecified atom stereocenters. The minimum absolute atomic E-state index is 0.401. The zero-order chi connectivity index (χ0) is 13.5. The first-order valence-corrected chi connectivity index (χ1v) is 7.06. The van der Waals surface area contributed by atoms with Gasteiger partial charge in [0, 0.05) is 11.1 Å². The van der Waals surface area contributed by atoms with Crippen LogP contribution < -0.4 is 5.32 Å². The van der Waals surface area contributed by atoms with E-state index in [9.17, 15) is 0 Å². The van der Waals surface area contributed by atoms with E-state index in [0.29, 0.717) is 6.04 Å². The number of halogens is 1. The molecule has 18 heavy (non-hydrogen) atoms. The molecule has 0 fully saturated rings. The molecular weight excluding hydrogens is 242 g/mol. The zero-order valence-corrected chi connectivity index (χ0v) is 12.5. The second-order valence-electron chi connectivity index (χ2n) is 5.01. The molecule has 1 atom stereocenters. The van der Waals surface area contributed by atoms with Gasteiger partial charge < -0.3 is 5.32 Å². The quantitative estimate of drug-likeness (QED) is 0.681. The van der Waals surface area contributed by atoms with E-state index in [1.807, 2.05) is 6.07 Å². The third-order valence-corrected chi connectivity index (χ3v) is 3.51. The summed E-state index contributed by atoms with van der Waals surface area (Å²) < 4.78 is 0. The smallest absolute Gasteiger partial charge is 0.0435 e. The van der Waals surface area contributed by atoms with E-state index in [1.165, 1.54) is 11.1 Å². The number of hydrogen-bond donors (Lipinski definition) is 1. The van der Waals surface area contributed by atoms with Crippen LogP contribution in [0, 0.1) is 6.92 Å². The summed E-state index contributed by atoms with van der Waals surface area (Å²) in [7, 11) is 0. The Morgan fingerprint density at radius 1 is 1.44 bits per heavy atom. The summed E-state index contributed by atoms with van der Waals surface area (Å²) in [6.45, 7) is 11.4. The predicted molar refractivity (Wildman–Crippen MR) is 81.3 cm³/mol. The topological polar surface area (TPSA) is 12.0 Å². The van der Waals surface area contributed by atoms with Gasteiger partial charge in [0.1, 0.15) is 0 Å².